The lowest BCUT2D eigenvalue weighted by Crippen LogP contribution is -2.46. The van der Waals surface area contributed by atoms with E-state index in [1.54, 1.807) is 13.1 Å². The third kappa shape index (κ3) is 7.59. The third-order valence-electron chi connectivity index (χ3n) is 5.29. The van der Waals surface area contributed by atoms with Crippen LogP contribution in [0.3, 0.4) is 0 Å². The van der Waals surface area contributed by atoms with Crippen LogP contribution in [0, 0.1) is 11.7 Å². The van der Waals surface area contributed by atoms with Crippen molar-refractivity contribution in [1.29, 1.82) is 0 Å². The van der Waals surface area contributed by atoms with Gasteiger partial charge in [-0.15, -0.1) is 24.0 Å². The zero-order valence-corrected chi connectivity index (χ0v) is 20.8. The molecular weight excluding hydrogens is 506 g/mol. The standard InChI is InChI=1S/C21H32ClFN4O.HI/c1-5-25-20(27-10-8-15(9-11-27)12-19(28)24-4)26-14-21(2,3)17-7-6-16(23)13-18(17)22;/h6-7,13,15H,5,8-12,14H2,1-4H3,(H,24,28)(H,25,26);1H. The molecule has 1 heterocycles. The van der Waals surface area contributed by atoms with E-state index in [0.717, 1.165) is 44.0 Å². The van der Waals surface area contributed by atoms with Crippen molar-refractivity contribution in [3.05, 3.63) is 34.6 Å². The van der Waals surface area contributed by atoms with Crippen LogP contribution >= 0.6 is 35.6 Å². The first-order valence-electron chi connectivity index (χ1n) is 9.96. The molecule has 2 rings (SSSR count). The van der Waals surface area contributed by atoms with E-state index in [0.29, 0.717) is 23.9 Å². The van der Waals surface area contributed by atoms with Crippen molar-refractivity contribution in [2.24, 2.45) is 10.9 Å². The fourth-order valence-corrected chi connectivity index (χ4v) is 3.96. The number of guanidine groups is 1. The number of aliphatic imine (C=N–C) groups is 1. The van der Waals surface area contributed by atoms with Gasteiger partial charge in [0, 0.05) is 43.5 Å². The van der Waals surface area contributed by atoms with E-state index < -0.39 is 0 Å². The molecule has 0 aliphatic carbocycles. The summed E-state index contributed by atoms with van der Waals surface area (Å²) in [6.07, 6.45) is 2.55. The largest absolute Gasteiger partial charge is 0.359 e. The number of nitrogens with zero attached hydrogens (tertiary/aromatic N) is 2. The minimum atomic E-state index is -0.332. The molecule has 0 aromatic heterocycles. The highest BCUT2D eigenvalue weighted by Gasteiger charge is 2.26. The normalized spacial score (nSPS) is 15.7. The Morgan fingerprint density at radius 3 is 2.55 bits per heavy atom. The van der Waals surface area contributed by atoms with Crippen LogP contribution in [-0.4, -0.2) is 50.0 Å². The Balaban J connectivity index is 0.00000420. The second kappa shape index (κ2) is 11.9. The van der Waals surface area contributed by atoms with Crippen molar-refractivity contribution in [3.8, 4) is 0 Å². The Hall–Kier alpha value is -1.09. The van der Waals surface area contributed by atoms with Gasteiger partial charge in [0.15, 0.2) is 5.96 Å². The van der Waals surface area contributed by atoms with Gasteiger partial charge < -0.3 is 15.5 Å². The van der Waals surface area contributed by atoms with Gasteiger partial charge in [-0.25, -0.2) is 4.39 Å². The fraction of sp³-hybridized carbons (Fsp3) is 0.619. The molecule has 1 aromatic rings. The van der Waals surface area contributed by atoms with Crippen LogP contribution < -0.4 is 10.6 Å². The summed E-state index contributed by atoms with van der Waals surface area (Å²) < 4.78 is 13.4. The minimum Gasteiger partial charge on any atom is -0.359 e. The maximum absolute atomic E-state index is 13.4. The van der Waals surface area contributed by atoms with Crippen molar-refractivity contribution in [2.45, 2.75) is 45.4 Å². The highest BCUT2D eigenvalue weighted by molar-refractivity contribution is 14.0. The number of benzene rings is 1. The molecule has 0 radical (unpaired) electrons. The van der Waals surface area contributed by atoms with Crippen molar-refractivity contribution < 1.29 is 9.18 Å². The number of amides is 1. The van der Waals surface area contributed by atoms with Gasteiger partial charge in [0.25, 0.3) is 0 Å². The SMILES string of the molecule is CCNC(=NCC(C)(C)c1ccc(F)cc1Cl)N1CCC(CC(=O)NC)CC1.I. The summed E-state index contributed by atoms with van der Waals surface area (Å²) in [6.45, 7) is 9.27. The van der Waals surface area contributed by atoms with Gasteiger partial charge in [-0.3, -0.25) is 9.79 Å². The van der Waals surface area contributed by atoms with Gasteiger partial charge >= 0.3 is 0 Å². The van der Waals surface area contributed by atoms with Crippen LogP contribution in [-0.2, 0) is 10.2 Å². The molecule has 0 atom stereocenters. The van der Waals surface area contributed by atoms with Gasteiger partial charge in [-0.1, -0.05) is 31.5 Å². The molecule has 1 aromatic carbocycles. The summed E-state index contributed by atoms with van der Waals surface area (Å²) in [4.78, 5) is 18.7. The van der Waals surface area contributed by atoms with Gasteiger partial charge in [-0.05, 0) is 43.4 Å². The molecule has 0 spiro atoms. The lowest BCUT2D eigenvalue weighted by Gasteiger charge is -2.34. The molecule has 1 aliphatic heterocycles. The molecule has 2 N–H and O–H groups in total. The number of halogens is 3. The number of likely N-dealkylation sites (tertiary alicyclic amines) is 1. The summed E-state index contributed by atoms with van der Waals surface area (Å²) >= 11 is 6.26. The molecule has 5 nitrogen and oxygen atoms in total. The Morgan fingerprint density at radius 2 is 2.00 bits per heavy atom. The molecule has 0 bridgehead atoms. The van der Waals surface area contributed by atoms with Gasteiger partial charge in [0.05, 0.1) is 6.54 Å². The molecule has 1 fully saturated rings. The van der Waals surface area contributed by atoms with Gasteiger partial charge in [-0.2, -0.15) is 0 Å². The number of rotatable bonds is 6. The minimum absolute atomic E-state index is 0. The lowest BCUT2D eigenvalue weighted by molar-refractivity contribution is -0.121. The van der Waals surface area contributed by atoms with E-state index in [4.69, 9.17) is 16.6 Å². The van der Waals surface area contributed by atoms with Crippen LogP contribution in [0.2, 0.25) is 5.02 Å². The zero-order chi connectivity index (χ0) is 20.7. The fourth-order valence-electron chi connectivity index (χ4n) is 3.53. The predicted molar refractivity (Wildman–Crippen MR) is 129 cm³/mol. The van der Waals surface area contributed by atoms with Crippen molar-refractivity contribution in [3.63, 3.8) is 0 Å². The molecule has 164 valence electrons. The first-order chi connectivity index (χ1) is 13.3. The van der Waals surface area contributed by atoms with E-state index >= 15 is 0 Å². The van der Waals surface area contributed by atoms with E-state index in [-0.39, 0.29) is 41.1 Å². The number of carbonyl (C=O) groups excluding carboxylic acids is 1. The quantitative estimate of drug-likeness (QED) is 0.324. The Labute approximate surface area is 195 Å². The predicted octanol–water partition coefficient (Wildman–Crippen LogP) is 4.19. The highest BCUT2D eigenvalue weighted by atomic mass is 127. The second-order valence-corrected chi connectivity index (χ2v) is 8.39. The van der Waals surface area contributed by atoms with Gasteiger partial charge in [0.1, 0.15) is 5.82 Å². The van der Waals surface area contributed by atoms with E-state index in [1.165, 1.54) is 12.1 Å². The molecule has 0 saturated carbocycles. The summed E-state index contributed by atoms with van der Waals surface area (Å²) in [5, 5.41) is 6.51. The van der Waals surface area contributed by atoms with Crippen molar-refractivity contribution in [2.75, 3.05) is 33.2 Å². The van der Waals surface area contributed by atoms with Crippen molar-refractivity contribution >= 4 is 47.4 Å². The Bertz CT molecular complexity index is 706. The highest BCUT2D eigenvalue weighted by Crippen LogP contribution is 2.31. The smallest absolute Gasteiger partial charge is 0.220 e. The number of piperidine rings is 1. The second-order valence-electron chi connectivity index (χ2n) is 7.99. The molecule has 0 unspecified atom stereocenters. The van der Waals surface area contributed by atoms with E-state index in [1.807, 2.05) is 0 Å². The third-order valence-corrected chi connectivity index (χ3v) is 5.60. The Kier molecular flexibility index (Phi) is 10.7. The number of hydrogen-bond donors (Lipinski definition) is 2. The van der Waals surface area contributed by atoms with E-state index in [2.05, 4.69) is 36.3 Å². The average Bonchev–Trinajstić information content (AvgIpc) is 2.65. The molecule has 1 aliphatic rings. The maximum Gasteiger partial charge on any atom is 0.220 e. The molecule has 1 saturated heterocycles. The summed E-state index contributed by atoms with van der Waals surface area (Å²) in [5.41, 5.74) is 0.572. The molecule has 29 heavy (non-hydrogen) atoms. The summed E-state index contributed by atoms with van der Waals surface area (Å²) in [5.74, 6) is 1.08. The Morgan fingerprint density at radius 1 is 1.34 bits per heavy atom. The van der Waals surface area contributed by atoms with Gasteiger partial charge in [0.2, 0.25) is 5.91 Å². The number of hydrogen-bond acceptors (Lipinski definition) is 2. The van der Waals surface area contributed by atoms with Crippen LogP contribution in [0.15, 0.2) is 23.2 Å². The number of nitrogens with one attached hydrogen (secondary N) is 2. The number of carbonyl (C=O) groups is 1. The maximum atomic E-state index is 13.4. The monoisotopic (exact) mass is 538 g/mol. The molecular formula is C21H33ClFIN4O. The molecule has 1 amide bonds. The van der Waals surface area contributed by atoms with E-state index in [9.17, 15) is 9.18 Å². The van der Waals surface area contributed by atoms with Crippen LogP contribution in [0.1, 0.15) is 45.6 Å². The van der Waals surface area contributed by atoms with Crippen LogP contribution in [0.4, 0.5) is 4.39 Å². The molecule has 8 heteroatoms. The summed E-state index contributed by atoms with van der Waals surface area (Å²) in [7, 11) is 1.68. The zero-order valence-electron chi connectivity index (χ0n) is 17.7. The average molecular weight is 539 g/mol. The van der Waals surface area contributed by atoms with Crippen molar-refractivity contribution in [1.82, 2.24) is 15.5 Å². The van der Waals surface area contributed by atoms with Crippen LogP contribution in [0.5, 0.6) is 0 Å². The lowest BCUT2D eigenvalue weighted by atomic mass is 9.84. The topological polar surface area (TPSA) is 56.7 Å². The first kappa shape index (κ1) is 25.9. The summed E-state index contributed by atoms with van der Waals surface area (Å²) in [6, 6.07) is 4.53. The first-order valence-corrected chi connectivity index (χ1v) is 10.3. The van der Waals surface area contributed by atoms with Crippen LogP contribution in [0.25, 0.3) is 0 Å².